The second-order valence-electron chi connectivity index (χ2n) is 5.38. The molecule has 1 saturated heterocycles. The molecule has 94 valence electrons. The molecule has 1 rings (SSSR count). The Morgan fingerprint density at radius 1 is 1.56 bits per heavy atom. The molecule has 2 atom stereocenters. The number of aliphatic carboxylic acids is 1. The largest absolute Gasteiger partial charge is 0.481 e. The van der Waals surface area contributed by atoms with E-state index in [9.17, 15) is 9.90 Å². The fraction of sp³-hybridized carbons (Fsp3) is 0.917. The van der Waals surface area contributed by atoms with Gasteiger partial charge in [-0.25, -0.2) is 0 Å². The summed E-state index contributed by atoms with van der Waals surface area (Å²) in [5, 5.41) is 19.0. The molecule has 0 amide bonds. The molecule has 2 N–H and O–H groups in total. The summed E-state index contributed by atoms with van der Waals surface area (Å²) in [5.41, 5.74) is -0.735. The zero-order valence-electron chi connectivity index (χ0n) is 10.4. The van der Waals surface area contributed by atoms with E-state index in [1.54, 1.807) is 0 Å². The molecule has 0 saturated carbocycles. The summed E-state index contributed by atoms with van der Waals surface area (Å²) in [6, 6.07) is 0.0997. The van der Waals surface area contributed by atoms with E-state index in [1.807, 2.05) is 20.8 Å². The average molecular weight is 229 g/mol. The summed E-state index contributed by atoms with van der Waals surface area (Å²) in [4.78, 5) is 12.8. The third-order valence-corrected chi connectivity index (χ3v) is 3.68. The highest BCUT2D eigenvalue weighted by Crippen LogP contribution is 2.25. The van der Waals surface area contributed by atoms with E-state index in [2.05, 4.69) is 4.90 Å². The van der Waals surface area contributed by atoms with Gasteiger partial charge in [-0.2, -0.15) is 0 Å². The summed E-state index contributed by atoms with van der Waals surface area (Å²) >= 11 is 0. The van der Waals surface area contributed by atoms with Crippen molar-refractivity contribution in [2.24, 2.45) is 5.92 Å². The van der Waals surface area contributed by atoms with Crippen molar-refractivity contribution in [1.29, 1.82) is 0 Å². The zero-order chi connectivity index (χ0) is 12.3. The Morgan fingerprint density at radius 3 is 2.69 bits per heavy atom. The molecule has 0 spiro atoms. The number of carboxylic acid groups (broad SMARTS) is 1. The Kier molecular flexibility index (Phi) is 4.33. The first kappa shape index (κ1) is 13.5. The molecule has 2 unspecified atom stereocenters. The van der Waals surface area contributed by atoms with Crippen LogP contribution >= 0.6 is 0 Å². The van der Waals surface area contributed by atoms with Crippen molar-refractivity contribution in [3.05, 3.63) is 0 Å². The Hall–Kier alpha value is -0.610. The maximum Gasteiger partial charge on any atom is 0.304 e. The van der Waals surface area contributed by atoms with E-state index >= 15 is 0 Å². The van der Waals surface area contributed by atoms with Crippen molar-refractivity contribution in [2.75, 3.05) is 13.1 Å². The monoisotopic (exact) mass is 229 g/mol. The SMILES string of the molecule is CC(C)C(C)(O)CN1CCCC1CC(=O)O. The van der Waals surface area contributed by atoms with Crippen LogP contribution in [0.3, 0.4) is 0 Å². The van der Waals surface area contributed by atoms with Gasteiger partial charge in [0.1, 0.15) is 0 Å². The van der Waals surface area contributed by atoms with Crippen LogP contribution in [0.25, 0.3) is 0 Å². The third-order valence-electron chi connectivity index (χ3n) is 3.68. The summed E-state index contributed by atoms with van der Waals surface area (Å²) in [5.74, 6) is -0.570. The lowest BCUT2D eigenvalue weighted by Crippen LogP contribution is -2.46. The van der Waals surface area contributed by atoms with Crippen molar-refractivity contribution in [2.45, 2.75) is 51.7 Å². The van der Waals surface area contributed by atoms with Crippen molar-refractivity contribution < 1.29 is 15.0 Å². The topological polar surface area (TPSA) is 60.8 Å². The third kappa shape index (κ3) is 3.46. The second-order valence-corrected chi connectivity index (χ2v) is 5.38. The average Bonchev–Trinajstić information content (AvgIpc) is 2.50. The first-order valence-electron chi connectivity index (χ1n) is 6.01. The zero-order valence-corrected chi connectivity index (χ0v) is 10.4. The predicted octanol–water partition coefficient (Wildman–Crippen LogP) is 1.33. The molecule has 0 bridgehead atoms. The molecular formula is C12H23NO3. The minimum Gasteiger partial charge on any atom is -0.481 e. The van der Waals surface area contributed by atoms with Gasteiger partial charge in [0.25, 0.3) is 0 Å². The summed E-state index contributed by atoms with van der Waals surface area (Å²) in [7, 11) is 0. The highest BCUT2D eigenvalue weighted by molar-refractivity contribution is 5.67. The van der Waals surface area contributed by atoms with E-state index < -0.39 is 11.6 Å². The Bertz CT molecular complexity index is 251. The summed E-state index contributed by atoms with van der Waals surface area (Å²) in [6.45, 7) is 7.28. The second kappa shape index (κ2) is 5.15. The van der Waals surface area contributed by atoms with Crippen LogP contribution in [0.1, 0.15) is 40.0 Å². The van der Waals surface area contributed by atoms with E-state index in [4.69, 9.17) is 5.11 Å². The quantitative estimate of drug-likeness (QED) is 0.746. The maximum atomic E-state index is 10.7. The van der Waals surface area contributed by atoms with Gasteiger partial charge in [0, 0.05) is 12.6 Å². The molecule has 1 aliphatic rings. The molecule has 1 heterocycles. The van der Waals surface area contributed by atoms with E-state index in [1.165, 1.54) is 0 Å². The first-order chi connectivity index (χ1) is 7.33. The van der Waals surface area contributed by atoms with Crippen LogP contribution in [0, 0.1) is 5.92 Å². The fourth-order valence-corrected chi connectivity index (χ4v) is 2.13. The van der Waals surface area contributed by atoms with Gasteiger partial charge in [-0.05, 0) is 32.2 Å². The molecule has 1 fully saturated rings. The molecule has 4 heteroatoms. The van der Waals surface area contributed by atoms with E-state index in [0.29, 0.717) is 6.54 Å². The summed E-state index contributed by atoms with van der Waals surface area (Å²) in [6.07, 6.45) is 2.15. The molecule has 0 aromatic carbocycles. The van der Waals surface area contributed by atoms with Gasteiger partial charge in [-0.3, -0.25) is 9.69 Å². The fourth-order valence-electron chi connectivity index (χ4n) is 2.13. The molecular weight excluding hydrogens is 206 g/mol. The molecule has 0 radical (unpaired) electrons. The van der Waals surface area contributed by atoms with Gasteiger partial charge in [0.05, 0.1) is 12.0 Å². The normalized spacial score (nSPS) is 25.9. The molecule has 0 aromatic rings. The van der Waals surface area contributed by atoms with Gasteiger partial charge in [-0.15, -0.1) is 0 Å². The molecule has 16 heavy (non-hydrogen) atoms. The number of nitrogens with zero attached hydrogens (tertiary/aromatic N) is 1. The van der Waals surface area contributed by atoms with Crippen LogP contribution < -0.4 is 0 Å². The van der Waals surface area contributed by atoms with Crippen molar-refractivity contribution in [1.82, 2.24) is 4.90 Å². The van der Waals surface area contributed by atoms with Crippen molar-refractivity contribution in [3.63, 3.8) is 0 Å². The highest BCUT2D eigenvalue weighted by Gasteiger charge is 2.34. The lowest BCUT2D eigenvalue weighted by Gasteiger charge is -2.35. The number of carboxylic acids is 1. The number of hydrogen-bond acceptors (Lipinski definition) is 3. The minimum atomic E-state index is -0.749. The van der Waals surface area contributed by atoms with E-state index in [-0.39, 0.29) is 18.4 Å². The van der Waals surface area contributed by atoms with Gasteiger partial charge >= 0.3 is 5.97 Å². The van der Waals surface area contributed by atoms with Crippen LogP contribution in [0.2, 0.25) is 0 Å². The first-order valence-corrected chi connectivity index (χ1v) is 6.01. The molecule has 0 aromatic heterocycles. The number of β-amino-alcohol motifs (C(OH)–C–C–N with tert-alkyl or cyclic N) is 1. The minimum absolute atomic E-state index is 0.0997. The van der Waals surface area contributed by atoms with Crippen LogP contribution in [-0.4, -0.2) is 45.8 Å². The number of rotatable bonds is 5. The Labute approximate surface area is 97.3 Å². The van der Waals surface area contributed by atoms with Gasteiger partial charge in [-0.1, -0.05) is 13.8 Å². The van der Waals surface area contributed by atoms with Crippen LogP contribution in [0.4, 0.5) is 0 Å². The van der Waals surface area contributed by atoms with Crippen LogP contribution in [0.15, 0.2) is 0 Å². The molecule has 1 aliphatic heterocycles. The van der Waals surface area contributed by atoms with Crippen LogP contribution in [-0.2, 0) is 4.79 Å². The predicted molar refractivity (Wildman–Crippen MR) is 62.3 cm³/mol. The van der Waals surface area contributed by atoms with Crippen LogP contribution in [0.5, 0.6) is 0 Å². The number of likely N-dealkylation sites (tertiary alicyclic amines) is 1. The lowest BCUT2D eigenvalue weighted by molar-refractivity contribution is -0.138. The van der Waals surface area contributed by atoms with Crippen molar-refractivity contribution in [3.8, 4) is 0 Å². The molecule has 4 nitrogen and oxygen atoms in total. The number of aliphatic hydroxyl groups is 1. The number of hydrogen-bond donors (Lipinski definition) is 2. The Morgan fingerprint density at radius 2 is 2.19 bits per heavy atom. The highest BCUT2D eigenvalue weighted by atomic mass is 16.4. The van der Waals surface area contributed by atoms with Gasteiger partial charge in [0.15, 0.2) is 0 Å². The smallest absolute Gasteiger partial charge is 0.304 e. The van der Waals surface area contributed by atoms with Gasteiger partial charge in [0.2, 0.25) is 0 Å². The van der Waals surface area contributed by atoms with E-state index in [0.717, 1.165) is 19.4 Å². The molecule has 0 aliphatic carbocycles. The maximum absolute atomic E-state index is 10.7. The van der Waals surface area contributed by atoms with Gasteiger partial charge < -0.3 is 10.2 Å². The van der Waals surface area contributed by atoms with Crippen molar-refractivity contribution >= 4 is 5.97 Å². The Balaban J connectivity index is 2.55. The standard InChI is InChI=1S/C12H23NO3/c1-9(2)12(3,16)8-13-6-4-5-10(13)7-11(14)15/h9-10,16H,4-8H2,1-3H3,(H,14,15). The summed E-state index contributed by atoms with van der Waals surface area (Å²) < 4.78 is 0. The lowest BCUT2D eigenvalue weighted by atomic mass is 9.91. The number of carbonyl (C=O) groups is 1.